The van der Waals surface area contributed by atoms with E-state index < -0.39 is 17.7 Å². The molecule has 0 saturated carbocycles. The van der Waals surface area contributed by atoms with Gasteiger partial charge in [-0.1, -0.05) is 6.07 Å². The molecule has 27 heavy (non-hydrogen) atoms. The summed E-state index contributed by atoms with van der Waals surface area (Å²) in [5, 5.41) is 4.01. The van der Waals surface area contributed by atoms with Crippen LogP contribution in [0.15, 0.2) is 35.7 Å². The molecular formula is C19H23N5O3. The summed E-state index contributed by atoms with van der Waals surface area (Å²) in [4.78, 5) is 34.6. The molecule has 1 N–H and O–H groups in total. The smallest absolute Gasteiger partial charge is 0.410 e. The van der Waals surface area contributed by atoms with Gasteiger partial charge in [-0.3, -0.25) is 19.7 Å². The molecule has 1 aromatic carbocycles. The van der Waals surface area contributed by atoms with Crippen LogP contribution in [-0.4, -0.2) is 51.3 Å². The Hall–Kier alpha value is -3.03. The van der Waals surface area contributed by atoms with E-state index in [-0.39, 0.29) is 5.91 Å². The lowest BCUT2D eigenvalue weighted by molar-refractivity contribution is -0.125. The molecular weight excluding hydrogens is 346 g/mol. The maximum atomic E-state index is 12.4. The van der Waals surface area contributed by atoms with Gasteiger partial charge in [0.05, 0.1) is 17.2 Å². The molecule has 0 radical (unpaired) electrons. The van der Waals surface area contributed by atoms with Crippen LogP contribution in [0.2, 0.25) is 0 Å². The molecule has 8 nitrogen and oxygen atoms in total. The number of fused-ring (bicyclic) bond motifs is 1. The zero-order valence-corrected chi connectivity index (χ0v) is 15.7. The summed E-state index contributed by atoms with van der Waals surface area (Å²) in [5.74, 6) is -0.324. The van der Waals surface area contributed by atoms with Crippen LogP contribution in [0.4, 0.5) is 4.79 Å². The monoisotopic (exact) mass is 369 g/mol. The number of nitrogens with one attached hydrogen (secondary N) is 1. The average Bonchev–Trinajstić information content (AvgIpc) is 3.10. The quantitative estimate of drug-likeness (QED) is 0.662. The molecule has 1 atom stereocenters. The molecule has 1 saturated heterocycles. The predicted molar refractivity (Wildman–Crippen MR) is 101 cm³/mol. The molecule has 3 rings (SSSR count). The number of likely N-dealkylation sites (tertiary alicyclic amines) is 1. The van der Waals surface area contributed by atoms with Crippen LogP contribution < -0.4 is 5.43 Å². The van der Waals surface area contributed by atoms with Crippen LogP contribution in [-0.2, 0) is 9.53 Å². The molecule has 142 valence electrons. The summed E-state index contributed by atoms with van der Waals surface area (Å²) in [7, 11) is 0. The Bertz CT molecular complexity index is 875. The first-order chi connectivity index (χ1) is 12.8. The van der Waals surface area contributed by atoms with E-state index in [9.17, 15) is 9.59 Å². The summed E-state index contributed by atoms with van der Waals surface area (Å²) in [5.41, 5.74) is 4.24. The standard InChI is InChI=1S/C19H23N5O3/c1-19(2,3)27-18(26)24-10-4-5-16(24)17(25)23-22-12-13-6-7-14-15(11-13)21-9-8-20-14/h6-9,11-12,16H,4-5,10H2,1-3H3,(H,23,25)/t16-/m1/s1. The van der Waals surface area contributed by atoms with Gasteiger partial charge < -0.3 is 4.74 Å². The fraction of sp³-hybridized carbons (Fsp3) is 0.421. The van der Waals surface area contributed by atoms with E-state index in [1.807, 2.05) is 18.2 Å². The third-order valence-corrected chi connectivity index (χ3v) is 4.07. The first kappa shape index (κ1) is 18.8. The first-order valence-electron chi connectivity index (χ1n) is 8.87. The molecule has 1 aromatic heterocycles. The van der Waals surface area contributed by atoms with Gasteiger partial charge in [0.25, 0.3) is 5.91 Å². The topological polar surface area (TPSA) is 96.8 Å². The lowest BCUT2D eigenvalue weighted by Gasteiger charge is -2.27. The predicted octanol–water partition coefficient (Wildman–Crippen LogP) is 2.48. The number of ether oxygens (including phenoxy) is 1. The molecule has 8 heteroatoms. The van der Waals surface area contributed by atoms with Crippen molar-refractivity contribution >= 4 is 29.2 Å². The average molecular weight is 369 g/mol. The fourth-order valence-corrected chi connectivity index (χ4v) is 2.88. The minimum atomic E-state index is -0.599. The summed E-state index contributed by atoms with van der Waals surface area (Å²) in [6.07, 6.45) is 5.66. The highest BCUT2D eigenvalue weighted by Gasteiger charge is 2.36. The number of amides is 2. The summed E-state index contributed by atoms with van der Waals surface area (Å²) >= 11 is 0. The molecule has 0 aliphatic carbocycles. The number of hydrazone groups is 1. The lowest BCUT2D eigenvalue weighted by atomic mass is 10.2. The number of hydrogen-bond donors (Lipinski definition) is 1. The number of benzene rings is 1. The second-order valence-electron chi connectivity index (χ2n) is 7.37. The first-order valence-corrected chi connectivity index (χ1v) is 8.87. The van der Waals surface area contributed by atoms with Crippen molar-refractivity contribution in [1.82, 2.24) is 20.3 Å². The third-order valence-electron chi connectivity index (χ3n) is 4.07. The second kappa shape index (κ2) is 7.69. The molecule has 2 amide bonds. The van der Waals surface area contributed by atoms with E-state index in [4.69, 9.17) is 4.74 Å². The maximum Gasteiger partial charge on any atom is 0.410 e. The Labute approximate surface area is 157 Å². The van der Waals surface area contributed by atoms with Crippen molar-refractivity contribution in [2.75, 3.05) is 6.54 Å². The summed E-state index contributed by atoms with van der Waals surface area (Å²) < 4.78 is 5.37. The minimum Gasteiger partial charge on any atom is -0.444 e. The molecule has 2 aromatic rings. The van der Waals surface area contributed by atoms with Crippen molar-refractivity contribution in [3.8, 4) is 0 Å². The Balaban J connectivity index is 1.62. The maximum absolute atomic E-state index is 12.4. The highest BCUT2D eigenvalue weighted by Crippen LogP contribution is 2.21. The van der Waals surface area contributed by atoms with Crippen LogP contribution >= 0.6 is 0 Å². The Morgan fingerprint density at radius 2 is 2.00 bits per heavy atom. The molecule has 0 spiro atoms. The normalized spacial score (nSPS) is 17.4. The molecule has 1 aliphatic heterocycles. The zero-order valence-electron chi connectivity index (χ0n) is 15.7. The largest absolute Gasteiger partial charge is 0.444 e. The Morgan fingerprint density at radius 1 is 1.26 bits per heavy atom. The van der Waals surface area contributed by atoms with Gasteiger partial charge in [-0.05, 0) is 51.3 Å². The SMILES string of the molecule is CC(C)(C)OC(=O)N1CCC[C@@H]1C(=O)NN=Cc1ccc2nccnc2c1. The molecule has 2 heterocycles. The molecule has 0 unspecified atom stereocenters. The van der Waals surface area contributed by atoms with Gasteiger partial charge in [0.2, 0.25) is 0 Å². The Kier molecular flexibility index (Phi) is 5.34. The van der Waals surface area contributed by atoms with Gasteiger partial charge in [-0.15, -0.1) is 0 Å². The lowest BCUT2D eigenvalue weighted by Crippen LogP contribution is -2.46. The van der Waals surface area contributed by atoms with Gasteiger partial charge >= 0.3 is 6.09 Å². The molecule has 1 fully saturated rings. The van der Waals surface area contributed by atoms with Crippen LogP contribution in [0.1, 0.15) is 39.2 Å². The van der Waals surface area contributed by atoms with E-state index in [2.05, 4.69) is 20.5 Å². The number of carbonyl (C=O) groups excluding carboxylic acids is 2. The van der Waals surface area contributed by atoms with E-state index in [0.29, 0.717) is 13.0 Å². The number of hydrogen-bond acceptors (Lipinski definition) is 6. The third kappa shape index (κ3) is 4.78. The van der Waals surface area contributed by atoms with Crippen LogP contribution in [0.25, 0.3) is 11.0 Å². The van der Waals surface area contributed by atoms with Crippen molar-refractivity contribution < 1.29 is 14.3 Å². The van der Waals surface area contributed by atoms with Crippen molar-refractivity contribution in [1.29, 1.82) is 0 Å². The number of nitrogens with zero attached hydrogens (tertiary/aromatic N) is 4. The van der Waals surface area contributed by atoms with Crippen molar-refractivity contribution in [2.24, 2.45) is 5.10 Å². The van der Waals surface area contributed by atoms with Crippen molar-refractivity contribution in [3.63, 3.8) is 0 Å². The van der Waals surface area contributed by atoms with E-state index >= 15 is 0 Å². The van der Waals surface area contributed by atoms with Gasteiger partial charge in [-0.25, -0.2) is 10.2 Å². The van der Waals surface area contributed by atoms with Crippen molar-refractivity contribution in [2.45, 2.75) is 45.3 Å². The van der Waals surface area contributed by atoms with Crippen molar-refractivity contribution in [3.05, 3.63) is 36.2 Å². The summed E-state index contributed by atoms with van der Waals surface area (Å²) in [6, 6.07) is 4.95. The van der Waals surface area contributed by atoms with E-state index in [1.165, 1.54) is 4.90 Å². The highest BCUT2D eigenvalue weighted by molar-refractivity contribution is 5.89. The fourth-order valence-electron chi connectivity index (χ4n) is 2.88. The minimum absolute atomic E-state index is 0.324. The number of aromatic nitrogens is 2. The van der Waals surface area contributed by atoms with E-state index in [1.54, 1.807) is 39.4 Å². The highest BCUT2D eigenvalue weighted by atomic mass is 16.6. The second-order valence-corrected chi connectivity index (χ2v) is 7.37. The van der Waals surface area contributed by atoms with Gasteiger partial charge in [-0.2, -0.15) is 5.10 Å². The van der Waals surface area contributed by atoms with Gasteiger partial charge in [0.1, 0.15) is 11.6 Å². The Morgan fingerprint density at radius 3 is 2.74 bits per heavy atom. The molecule has 0 bridgehead atoms. The zero-order chi connectivity index (χ0) is 19.4. The van der Waals surface area contributed by atoms with Crippen LogP contribution in [0.3, 0.4) is 0 Å². The summed E-state index contributed by atoms with van der Waals surface area (Å²) in [6.45, 7) is 5.90. The van der Waals surface area contributed by atoms with E-state index in [0.717, 1.165) is 23.0 Å². The van der Waals surface area contributed by atoms with Gasteiger partial charge in [0, 0.05) is 18.9 Å². The van der Waals surface area contributed by atoms with Gasteiger partial charge in [0.15, 0.2) is 0 Å². The number of rotatable bonds is 3. The van der Waals surface area contributed by atoms with Crippen LogP contribution in [0.5, 0.6) is 0 Å². The molecule has 1 aliphatic rings. The van der Waals surface area contributed by atoms with Crippen LogP contribution in [0, 0.1) is 0 Å². The number of carbonyl (C=O) groups is 2.